The van der Waals surface area contributed by atoms with Crippen LogP contribution in [0.25, 0.3) is 0 Å². The zero-order valence-corrected chi connectivity index (χ0v) is 19.0. The van der Waals surface area contributed by atoms with E-state index in [1.807, 2.05) is 0 Å². The van der Waals surface area contributed by atoms with Crippen molar-refractivity contribution in [3.05, 3.63) is 23.3 Å². The summed E-state index contributed by atoms with van der Waals surface area (Å²) in [5.74, 6) is 2.27. The number of hydrogen-bond acceptors (Lipinski definition) is 5. The molecule has 5 aliphatic rings. The van der Waals surface area contributed by atoms with Gasteiger partial charge in [-0.05, 0) is 79.1 Å². The molecular weight excluding hydrogens is 378 g/mol. The van der Waals surface area contributed by atoms with E-state index >= 15 is 0 Å². The van der Waals surface area contributed by atoms with E-state index in [0.29, 0.717) is 30.8 Å². The van der Waals surface area contributed by atoms with Gasteiger partial charge in [0.15, 0.2) is 0 Å². The number of aliphatic imine (C=N–C) groups is 1. The van der Waals surface area contributed by atoms with Crippen molar-refractivity contribution < 1.29 is 18.9 Å². The summed E-state index contributed by atoms with van der Waals surface area (Å²) in [7, 11) is 3.37. The van der Waals surface area contributed by atoms with Gasteiger partial charge in [0.1, 0.15) is 6.79 Å². The maximum absolute atomic E-state index is 5.93. The minimum atomic E-state index is -0.422. The molecule has 7 atom stereocenters. The predicted molar refractivity (Wildman–Crippen MR) is 116 cm³/mol. The van der Waals surface area contributed by atoms with Gasteiger partial charge in [-0.1, -0.05) is 31.6 Å². The second kappa shape index (κ2) is 7.84. The van der Waals surface area contributed by atoms with E-state index in [-0.39, 0.29) is 5.41 Å². The summed E-state index contributed by atoms with van der Waals surface area (Å²) >= 11 is 0. The number of nitrogens with zero attached hydrogens (tertiary/aromatic N) is 1. The van der Waals surface area contributed by atoms with E-state index in [4.69, 9.17) is 23.9 Å². The molecule has 0 aromatic rings. The first-order valence-corrected chi connectivity index (χ1v) is 11.7. The lowest BCUT2D eigenvalue weighted by Gasteiger charge is -2.58. The normalized spacial score (nSPS) is 45.2. The van der Waals surface area contributed by atoms with Gasteiger partial charge in [-0.3, -0.25) is 0 Å². The van der Waals surface area contributed by atoms with Gasteiger partial charge in [-0.25, -0.2) is 4.99 Å². The van der Waals surface area contributed by atoms with Crippen LogP contribution >= 0.6 is 0 Å². The number of allylic oxidation sites excluding steroid dienone is 2. The molecule has 1 heterocycles. The van der Waals surface area contributed by atoms with Crippen molar-refractivity contribution in [2.75, 3.05) is 27.6 Å². The van der Waals surface area contributed by atoms with Crippen LogP contribution in [0.5, 0.6) is 0 Å². The fourth-order valence-corrected chi connectivity index (χ4v) is 7.57. The van der Waals surface area contributed by atoms with Crippen molar-refractivity contribution in [2.24, 2.45) is 33.6 Å². The molecule has 0 aromatic carbocycles. The summed E-state index contributed by atoms with van der Waals surface area (Å²) < 4.78 is 22.1. The summed E-state index contributed by atoms with van der Waals surface area (Å²) in [4.78, 5) is 4.71. The zero-order valence-electron chi connectivity index (χ0n) is 19.0. The highest BCUT2D eigenvalue weighted by molar-refractivity contribution is 6.03. The number of rotatable bonds is 5. The molecule has 0 saturated heterocycles. The first kappa shape index (κ1) is 20.9. The van der Waals surface area contributed by atoms with Crippen LogP contribution in [0.4, 0.5) is 0 Å². The Morgan fingerprint density at radius 2 is 1.90 bits per heavy atom. The van der Waals surface area contributed by atoms with Gasteiger partial charge in [0, 0.05) is 14.2 Å². The molecular formula is C25H37NO4. The second-order valence-electron chi connectivity index (χ2n) is 10.4. The molecule has 0 amide bonds. The fraction of sp³-hybridized carbons (Fsp3) is 0.800. The third-order valence-electron chi connectivity index (χ3n) is 9.20. The summed E-state index contributed by atoms with van der Waals surface area (Å²) in [6, 6.07) is 0. The Kier molecular flexibility index (Phi) is 5.46. The second-order valence-corrected chi connectivity index (χ2v) is 10.4. The maximum atomic E-state index is 5.93. The van der Waals surface area contributed by atoms with Crippen molar-refractivity contribution in [1.82, 2.24) is 0 Å². The Hall–Kier alpha value is -1.01. The minimum absolute atomic E-state index is 0.229. The number of methoxy groups -OCH3 is 2. The lowest BCUT2D eigenvalue weighted by Crippen LogP contribution is -2.50. The molecule has 2 fully saturated rings. The minimum Gasteiger partial charge on any atom is -0.359 e. The quantitative estimate of drug-likeness (QED) is 0.474. The van der Waals surface area contributed by atoms with Crippen LogP contribution in [0.15, 0.2) is 28.3 Å². The molecule has 0 spiro atoms. The van der Waals surface area contributed by atoms with Crippen molar-refractivity contribution in [3.8, 4) is 0 Å². The van der Waals surface area contributed by atoms with Crippen LogP contribution in [-0.4, -0.2) is 45.8 Å². The highest BCUT2D eigenvalue weighted by Crippen LogP contribution is 2.65. The van der Waals surface area contributed by atoms with Crippen molar-refractivity contribution in [2.45, 2.75) is 71.3 Å². The van der Waals surface area contributed by atoms with Gasteiger partial charge in [-0.15, -0.1) is 0 Å². The number of fused-ring (bicyclic) bond motifs is 5. The van der Waals surface area contributed by atoms with Crippen LogP contribution in [-0.2, 0) is 18.9 Å². The van der Waals surface area contributed by atoms with Crippen LogP contribution < -0.4 is 0 Å². The van der Waals surface area contributed by atoms with Gasteiger partial charge >= 0.3 is 0 Å². The smallest absolute Gasteiger partial charge is 0.258 e. The summed E-state index contributed by atoms with van der Waals surface area (Å²) in [5, 5.41) is 0. The Bertz CT molecular complexity index is 773. The van der Waals surface area contributed by atoms with Gasteiger partial charge in [0.25, 0.3) is 6.41 Å². The van der Waals surface area contributed by atoms with Gasteiger partial charge in [0.05, 0.1) is 18.4 Å². The molecule has 1 unspecified atom stereocenters. The molecule has 166 valence electrons. The van der Waals surface area contributed by atoms with Crippen molar-refractivity contribution in [3.63, 3.8) is 0 Å². The largest absolute Gasteiger partial charge is 0.359 e. The van der Waals surface area contributed by atoms with Crippen LogP contribution in [0.1, 0.15) is 58.8 Å². The standard InChI is InChI=1S/C25H37NO4/c1-24-11-9-17(30-15-27-3)13-16(24)5-6-18-19-7-8-21(22-14-29-23(26-22)28-4)25(19,2)12-10-20(18)24/h5,8,17-20,23H,6-7,9-15H2,1-4H3/t17-,18-,19-,20-,23?,24-,25-/m0/s1. The first-order valence-electron chi connectivity index (χ1n) is 11.7. The third-order valence-corrected chi connectivity index (χ3v) is 9.20. The van der Waals surface area contributed by atoms with E-state index in [2.05, 4.69) is 26.0 Å². The highest BCUT2D eigenvalue weighted by Gasteiger charge is 2.57. The SMILES string of the molecule is COCO[C@H]1CC[C@@]2(C)C(=CC[C@@H]3[C@@H]2CC[C@]2(C)C(C4=NC(OC)OC4)=CC[C@@H]32)C1. The Morgan fingerprint density at radius 1 is 1.07 bits per heavy atom. The van der Waals surface area contributed by atoms with Gasteiger partial charge in [-0.2, -0.15) is 0 Å². The first-order chi connectivity index (χ1) is 14.5. The monoisotopic (exact) mass is 415 g/mol. The Morgan fingerprint density at radius 3 is 2.67 bits per heavy atom. The van der Waals surface area contributed by atoms with E-state index in [9.17, 15) is 0 Å². The number of hydrogen-bond donors (Lipinski definition) is 0. The van der Waals surface area contributed by atoms with Crippen LogP contribution in [0.3, 0.4) is 0 Å². The van der Waals surface area contributed by atoms with E-state index in [0.717, 1.165) is 30.4 Å². The number of ether oxygens (including phenoxy) is 4. The molecule has 1 aliphatic heterocycles. The molecule has 4 aliphatic carbocycles. The summed E-state index contributed by atoms with van der Waals surface area (Å²) in [6.45, 7) is 6.04. The zero-order chi connectivity index (χ0) is 20.9. The van der Waals surface area contributed by atoms with Gasteiger partial charge < -0.3 is 18.9 Å². The van der Waals surface area contributed by atoms with Crippen LogP contribution in [0, 0.1) is 28.6 Å². The van der Waals surface area contributed by atoms with Gasteiger partial charge in [0.2, 0.25) is 0 Å². The van der Waals surface area contributed by atoms with Crippen molar-refractivity contribution >= 4 is 5.71 Å². The average Bonchev–Trinajstić information content (AvgIpc) is 3.35. The van der Waals surface area contributed by atoms with E-state index < -0.39 is 6.41 Å². The predicted octanol–water partition coefficient (Wildman–Crippen LogP) is 4.88. The van der Waals surface area contributed by atoms with E-state index in [1.54, 1.807) is 19.8 Å². The van der Waals surface area contributed by atoms with Crippen molar-refractivity contribution in [1.29, 1.82) is 0 Å². The topological polar surface area (TPSA) is 49.3 Å². The molecule has 0 aromatic heterocycles. The summed E-state index contributed by atoms with van der Waals surface area (Å²) in [5.41, 5.74) is 4.80. The Balaban J connectivity index is 1.36. The molecule has 5 nitrogen and oxygen atoms in total. The highest BCUT2D eigenvalue weighted by atomic mass is 16.7. The molecule has 5 heteroatoms. The third kappa shape index (κ3) is 3.16. The Labute approximate surface area is 180 Å². The fourth-order valence-electron chi connectivity index (χ4n) is 7.57. The summed E-state index contributed by atoms with van der Waals surface area (Å²) in [6.07, 6.45) is 13.4. The lowest BCUT2D eigenvalue weighted by atomic mass is 9.47. The molecule has 0 radical (unpaired) electrons. The molecule has 5 rings (SSSR count). The molecule has 2 saturated carbocycles. The molecule has 0 N–H and O–H groups in total. The van der Waals surface area contributed by atoms with Crippen LogP contribution in [0.2, 0.25) is 0 Å². The molecule has 0 bridgehead atoms. The van der Waals surface area contributed by atoms with E-state index in [1.165, 1.54) is 37.7 Å². The average molecular weight is 416 g/mol. The lowest BCUT2D eigenvalue weighted by molar-refractivity contribution is -0.0944. The maximum Gasteiger partial charge on any atom is 0.258 e. The molecule has 30 heavy (non-hydrogen) atoms.